The molecule has 78 valence electrons. The van der Waals surface area contributed by atoms with Gasteiger partial charge in [-0.05, 0) is 19.9 Å². The molecule has 0 amide bonds. The first-order chi connectivity index (χ1) is 7.18. The van der Waals surface area contributed by atoms with Crippen LogP contribution < -0.4 is 5.56 Å². The molecule has 5 heteroatoms. The second kappa shape index (κ2) is 3.68. The Morgan fingerprint density at radius 2 is 2.20 bits per heavy atom. The Balaban J connectivity index is 2.49. The van der Waals surface area contributed by atoms with E-state index in [1.165, 1.54) is 6.07 Å². The molecule has 0 bridgehead atoms. The predicted octanol–water partition coefficient (Wildman–Crippen LogP) is 1.21. The molecule has 0 aliphatic heterocycles. The molecule has 2 aromatic rings. The number of nitrogens with zero attached hydrogens (tertiary/aromatic N) is 3. The van der Waals surface area contributed by atoms with Crippen molar-refractivity contribution >= 4 is 0 Å². The van der Waals surface area contributed by atoms with E-state index in [9.17, 15) is 4.79 Å². The number of aromatic nitrogens is 4. The second-order valence-electron chi connectivity index (χ2n) is 3.60. The van der Waals surface area contributed by atoms with E-state index in [0.29, 0.717) is 6.04 Å². The van der Waals surface area contributed by atoms with Crippen molar-refractivity contribution in [2.24, 2.45) is 0 Å². The maximum Gasteiger partial charge on any atom is 0.247 e. The van der Waals surface area contributed by atoms with Gasteiger partial charge in [-0.1, -0.05) is 0 Å². The highest BCUT2D eigenvalue weighted by Gasteiger charge is 2.09. The highest BCUT2D eigenvalue weighted by atomic mass is 16.1. The Morgan fingerprint density at radius 1 is 1.40 bits per heavy atom. The van der Waals surface area contributed by atoms with Crippen molar-refractivity contribution in [2.45, 2.75) is 19.9 Å². The summed E-state index contributed by atoms with van der Waals surface area (Å²) >= 11 is 0. The molecule has 0 saturated heterocycles. The third-order valence-electron chi connectivity index (χ3n) is 2.17. The van der Waals surface area contributed by atoms with Crippen LogP contribution in [0, 0.1) is 0 Å². The monoisotopic (exact) mass is 204 g/mol. The molecule has 0 unspecified atom stereocenters. The number of pyridine rings is 1. The van der Waals surface area contributed by atoms with Gasteiger partial charge in [0.2, 0.25) is 5.56 Å². The molecular formula is C10H12N4O. The summed E-state index contributed by atoms with van der Waals surface area (Å²) in [6, 6.07) is 3.51. The molecular weight excluding hydrogens is 192 g/mol. The lowest BCUT2D eigenvalue weighted by atomic mass is 10.2. The topological polar surface area (TPSA) is 63.6 Å². The summed E-state index contributed by atoms with van der Waals surface area (Å²) in [7, 11) is 0. The quantitative estimate of drug-likeness (QED) is 0.799. The molecule has 0 aromatic carbocycles. The van der Waals surface area contributed by atoms with Gasteiger partial charge in [-0.3, -0.25) is 4.79 Å². The zero-order chi connectivity index (χ0) is 10.8. The predicted molar refractivity (Wildman–Crippen MR) is 56.5 cm³/mol. The van der Waals surface area contributed by atoms with Crippen LogP contribution >= 0.6 is 0 Å². The number of nitrogens with one attached hydrogen (secondary N) is 1. The smallest absolute Gasteiger partial charge is 0.247 e. The van der Waals surface area contributed by atoms with E-state index in [1.807, 2.05) is 4.57 Å². The average Bonchev–Trinajstić information content (AvgIpc) is 2.67. The molecule has 0 aliphatic rings. The van der Waals surface area contributed by atoms with Crippen LogP contribution in [0.4, 0.5) is 0 Å². The zero-order valence-corrected chi connectivity index (χ0v) is 8.64. The highest BCUT2D eigenvalue weighted by Crippen LogP contribution is 2.17. The van der Waals surface area contributed by atoms with Crippen LogP contribution in [0.2, 0.25) is 0 Å². The zero-order valence-electron chi connectivity index (χ0n) is 8.64. The van der Waals surface area contributed by atoms with E-state index >= 15 is 0 Å². The van der Waals surface area contributed by atoms with Gasteiger partial charge in [0.05, 0.1) is 0 Å². The normalized spacial score (nSPS) is 10.9. The first kappa shape index (κ1) is 9.64. The Morgan fingerprint density at radius 3 is 2.80 bits per heavy atom. The molecule has 0 saturated carbocycles. The van der Waals surface area contributed by atoms with E-state index in [-0.39, 0.29) is 5.56 Å². The van der Waals surface area contributed by atoms with Crippen molar-refractivity contribution in [2.75, 3.05) is 0 Å². The van der Waals surface area contributed by atoms with Crippen LogP contribution in [0.3, 0.4) is 0 Å². The van der Waals surface area contributed by atoms with E-state index < -0.39 is 0 Å². The van der Waals surface area contributed by atoms with Gasteiger partial charge in [-0.2, -0.15) is 0 Å². The van der Waals surface area contributed by atoms with Gasteiger partial charge in [-0.25, -0.2) is 0 Å². The Kier molecular flexibility index (Phi) is 2.37. The van der Waals surface area contributed by atoms with Crippen molar-refractivity contribution in [1.82, 2.24) is 19.7 Å². The minimum atomic E-state index is -0.116. The summed E-state index contributed by atoms with van der Waals surface area (Å²) in [5, 5.41) is 7.89. The van der Waals surface area contributed by atoms with Gasteiger partial charge in [0.25, 0.3) is 0 Å². The van der Waals surface area contributed by atoms with Crippen LogP contribution in [0.15, 0.2) is 29.5 Å². The summed E-state index contributed by atoms with van der Waals surface area (Å²) in [5.41, 5.74) is 0.746. The van der Waals surface area contributed by atoms with Crippen molar-refractivity contribution in [3.63, 3.8) is 0 Å². The average molecular weight is 204 g/mol. The fourth-order valence-electron chi connectivity index (χ4n) is 1.38. The third-order valence-corrected chi connectivity index (χ3v) is 2.17. The summed E-state index contributed by atoms with van der Waals surface area (Å²) in [5.74, 6) is 0.765. The van der Waals surface area contributed by atoms with Gasteiger partial charge in [0.1, 0.15) is 6.33 Å². The molecule has 1 N–H and O–H groups in total. The summed E-state index contributed by atoms with van der Waals surface area (Å²) < 4.78 is 1.95. The van der Waals surface area contributed by atoms with Crippen LogP contribution in [0.1, 0.15) is 19.9 Å². The minimum absolute atomic E-state index is 0.116. The number of H-pyrrole nitrogens is 1. The Labute approximate surface area is 86.8 Å². The lowest BCUT2D eigenvalue weighted by Crippen LogP contribution is -2.05. The first-order valence-electron chi connectivity index (χ1n) is 4.77. The maximum atomic E-state index is 10.9. The van der Waals surface area contributed by atoms with Crippen LogP contribution in [-0.4, -0.2) is 19.7 Å². The number of aromatic amines is 1. The molecule has 15 heavy (non-hydrogen) atoms. The molecule has 2 rings (SSSR count). The molecule has 0 aliphatic carbocycles. The van der Waals surface area contributed by atoms with E-state index in [4.69, 9.17) is 0 Å². The summed E-state index contributed by atoms with van der Waals surface area (Å²) in [6.07, 6.45) is 3.33. The lowest BCUT2D eigenvalue weighted by molar-refractivity contribution is 0.604. The van der Waals surface area contributed by atoms with Gasteiger partial charge >= 0.3 is 0 Å². The Hall–Kier alpha value is -1.91. The van der Waals surface area contributed by atoms with Gasteiger partial charge in [-0.15, -0.1) is 10.2 Å². The van der Waals surface area contributed by atoms with Crippen LogP contribution in [-0.2, 0) is 0 Å². The van der Waals surface area contributed by atoms with Crippen molar-refractivity contribution in [1.29, 1.82) is 0 Å². The SMILES string of the molecule is CC(C)n1cnnc1-c1ccc(=O)[nH]c1. The van der Waals surface area contributed by atoms with Crippen molar-refractivity contribution in [3.8, 4) is 11.4 Å². The fourth-order valence-corrected chi connectivity index (χ4v) is 1.38. The van der Waals surface area contributed by atoms with Gasteiger partial charge in [0.15, 0.2) is 5.82 Å². The molecule has 0 spiro atoms. The van der Waals surface area contributed by atoms with Crippen LogP contribution in [0.5, 0.6) is 0 Å². The highest BCUT2D eigenvalue weighted by molar-refractivity contribution is 5.52. The number of hydrogen-bond acceptors (Lipinski definition) is 3. The molecule has 5 nitrogen and oxygen atoms in total. The van der Waals surface area contributed by atoms with Crippen LogP contribution in [0.25, 0.3) is 11.4 Å². The van der Waals surface area contributed by atoms with Gasteiger partial charge < -0.3 is 9.55 Å². The second-order valence-corrected chi connectivity index (χ2v) is 3.60. The summed E-state index contributed by atoms with van der Waals surface area (Å²) in [4.78, 5) is 13.5. The Bertz CT molecular complexity index is 492. The fraction of sp³-hybridized carbons (Fsp3) is 0.300. The van der Waals surface area contributed by atoms with Crippen molar-refractivity contribution < 1.29 is 0 Å². The molecule has 0 atom stereocenters. The molecule has 0 radical (unpaired) electrons. The summed E-state index contributed by atoms with van der Waals surface area (Å²) in [6.45, 7) is 4.11. The molecule has 0 fully saturated rings. The molecule has 2 aromatic heterocycles. The first-order valence-corrected chi connectivity index (χ1v) is 4.77. The van der Waals surface area contributed by atoms with Gasteiger partial charge in [0, 0.05) is 23.9 Å². The third kappa shape index (κ3) is 1.81. The maximum absolute atomic E-state index is 10.9. The number of hydrogen-bond donors (Lipinski definition) is 1. The molecule has 2 heterocycles. The van der Waals surface area contributed by atoms with Crippen molar-refractivity contribution in [3.05, 3.63) is 35.0 Å². The van der Waals surface area contributed by atoms with E-state index in [1.54, 1.807) is 18.6 Å². The standard InChI is InChI=1S/C10H12N4O/c1-7(2)14-6-12-13-10(14)8-3-4-9(15)11-5-8/h3-7H,1-2H3,(H,11,15). The van der Waals surface area contributed by atoms with E-state index in [0.717, 1.165) is 11.4 Å². The minimum Gasteiger partial charge on any atom is -0.328 e. The number of rotatable bonds is 2. The van der Waals surface area contributed by atoms with E-state index in [2.05, 4.69) is 29.0 Å². The largest absolute Gasteiger partial charge is 0.328 e. The lowest BCUT2D eigenvalue weighted by Gasteiger charge is -2.09.